The van der Waals surface area contributed by atoms with Crippen LogP contribution < -0.4 is 10.0 Å². The maximum Gasteiger partial charge on any atom is 0.147 e. The standard InChI is InChI=1S/C10H14N2O2S/c13-10(14)5-8-7-15-9(11-8)6-12-3-1-2-4-12/h7H,1-6H2,(H,13,14). The van der Waals surface area contributed by atoms with Crippen LogP contribution in [-0.2, 0) is 17.8 Å². The summed E-state index contributed by atoms with van der Waals surface area (Å²) < 4.78 is 0. The van der Waals surface area contributed by atoms with Crippen molar-refractivity contribution < 1.29 is 14.8 Å². The number of nitrogens with zero attached hydrogens (tertiary/aromatic N) is 1. The van der Waals surface area contributed by atoms with Gasteiger partial charge in [-0.05, 0) is 0 Å². The maximum absolute atomic E-state index is 10.4. The molecule has 0 amide bonds. The fourth-order valence-electron chi connectivity index (χ4n) is 1.92. The summed E-state index contributed by atoms with van der Waals surface area (Å²) in [6.45, 7) is 3.38. The van der Waals surface area contributed by atoms with E-state index in [1.807, 2.05) is 5.38 Å². The van der Waals surface area contributed by atoms with E-state index in [1.165, 1.54) is 25.9 Å². The molecule has 5 heteroatoms. The molecule has 82 valence electrons. The van der Waals surface area contributed by atoms with Gasteiger partial charge in [-0.25, -0.2) is 4.98 Å². The average molecular weight is 226 g/mol. The maximum atomic E-state index is 10.4. The number of quaternary nitrogens is 1. The van der Waals surface area contributed by atoms with Crippen molar-refractivity contribution in [3.63, 3.8) is 0 Å². The minimum absolute atomic E-state index is 0.0637. The van der Waals surface area contributed by atoms with Crippen LogP contribution in [0.5, 0.6) is 0 Å². The Morgan fingerprint density at radius 2 is 2.27 bits per heavy atom. The second-order valence-corrected chi connectivity index (χ2v) is 4.86. The fourth-order valence-corrected chi connectivity index (χ4v) is 2.79. The van der Waals surface area contributed by atoms with E-state index in [4.69, 9.17) is 0 Å². The van der Waals surface area contributed by atoms with Gasteiger partial charge in [0.15, 0.2) is 0 Å². The molecule has 0 unspecified atom stereocenters. The van der Waals surface area contributed by atoms with Crippen LogP contribution in [0.2, 0.25) is 0 Å². The lowest BCUT2D eigenvalue weighted by Gasteiger charge is -2.08. The number of thiazole rings is 1. The first-order valence-corrected chi connectivity index (χ1v) is 6.08. The van der Waals surface area contributed by atoms with Gasteiger partial charge in [-0.2, -0.15) is 0 Å². The van der Waals surface area contributed by atoms with Crippen molar-refractivity contribution in [1.82, 2.24) is 4.98 Å². The summed E-state index contributed by atoms with van der Waals surface area (Å²) >= 11 is 1.56. The topological polar surface area (TPSA) is 57.5 Å². The quantitative estimate of drug-likeness (QED) is 0.688. The normalized spacial score (nSPS) is 17.1. The molecule has 2 rings (SSSR count). The molecule has 0 atom stereocenters. The summed E-state index contributed by atoms with van der Waals surface area (Å²) in [6.07, 6.45) is 2.53. The van der Waals surface area contributed by atoms with E-state index < -0.39 is 5.97 Å². The highest BCUT2D eigenvalue weighted by Gasteiger charge is 2.17. The Bertz CT molecular complexity index is 345. The molecule has 1 aromatic heterocycles. The summed E-state index contributed by atoms with van der Waals surface area (Å²) in [5, 5.41) is 13.2. The molecule has 1 fully saturated rings. The molecule has 1 aromatic rings. The Kier molecular flexibility index (Phi) is 3.33. The van der Waals surface area contributed by atoms with Gasteiger partial charge in [0.2, 0.25) is 0 Å². The van der Waals surface area contributed by atoms with Crippen LogP contribution in [0.25, 0.3) is 0 Å². The average Bonchev–Trinajstić information content (AvgIpc) is 2.77. The van der Waals surface area contributed by atoms with Gasteiger partial charge in [0.25, 0.3) is 0 Å². The van der Waals surface area contributed by atoms with Crippen molar-refractivity contribution in [1.29, 1.82) is 0 Å². The molecule has 0 saturated carbocycles. The molecule has 2 heterocycles. The zero-order chi connectivity index (χ0) is 10.7. The van der Waals surface area contributed by atoms with Gasteiger partial charge in [0, 0.05) is 30.6 Å². The van der Waals surface area contributed by atoms with Gasteiger partial charge >= 0.3 is 0 Å². The van der Waals surface area contributed by atoms with E-state index in [2.05, 4.69) is 4.98 Å². The Labute approximate surface area is 92.6 Å². The molecule has 15 heavy (non-hydrogen) atoms. The van der Waals surface area contributed by atoms with E-state index in [9.17, 15) is 9.90 Å². The van der Waals surface area contributed by atoms with Crippen molar-refractivity contribution in [2.24, 2.45) is 0 Å². The number of rotatable bonds is 4. The van der Waals surface area contributed by atoms with Gasteiger partial charge in [0.05, 0.1) is 18.8 Å². The third-order valence-corrected chi connectivity index (χ3v) is 3.53. The molecule has 4 nitrogen and oxygen atoms in total. The van der Waals surface area contributed by atoms with E-state index in [-0.39, 0.29) is 6.42 Å². The number of carboxylic acid groups (broad SMARTS) is 1. The van der Waals surface area contributed by atoms with Gasteiger partial charge < -0.3 is 14.8 Å². The molecular weight excluding hydrogens is 212 g/mol. The fraction of sp³-hybridized carbons (Fsp3) is 0.600. The minimum Gasteiger partial charge on any atom is -0.550 e. The molecule has 1 aliphatic rings. The number of aliphatic carboxylic acids is 1. The van der Waals surface area contributed by atoms with E-state index >= 15 is 0 Å². The van der Waals surface area contributed by atoms with E-state index in [0.717, 1.165) is 11.6 Å². The zero-order valence-electron chi connectivity index (χ0n) is 8.49. The number of carbonyl (C=O) groups excluding carboxylic acids is 1. The number of nitrogens with one attached hydrogen (secondary N) is 1. The molecule has 1 aliphatic heterocycles. The highest BCUT2D eigenvalue weighted by Crippen LogP contribution is 2.09. The lowest BCUT2D eigenvalue weighted by molar-refractivity contribution is -0.901. The van der Waals surface area contributed by atoms with Crippen LogP contribution >= 0.6 is 11.3 Å². The summed E-state index contributed by atoms with van der Waals surface area (Å²) in [6, 6.07) is 0. The Morgan fingerprint density at radius 3 is 2.93 bits per heavy atom. The van der Waals surface area contributed by atoms with Crippen molar-refractivity contribution >= 4 is 17.3 Å². The second kappa shape index (κ2) is 4.72. The van der Waals surface area contributed by atoms with Crippen LogP contribution in [0.1, 0.15) is 23.5 Å². The lowest BCUT2D eigenvalue weighted by Crippen LogP contribution is -3.08. The van der Waals surface area contributed by atoms with Crippen LogP contribution in [0, 0.1) is 0 Å². The zero-order valence-corrected chi connectivity index (χ0v) is 9.31. The molecule has 1 saturated heterocycles. The van der Waals surface area contributed by atoms with E-state index in [0.29, 0.717) is 5.69 Å². The molecule has 0 radical (unpaired) electrons. The Hall–Kier alpha value is -0.940. The first kappa shape index (κ1) is 10.6. The number of hydrogen-bond acceptors (Lipinski definition) is 4. The third kappa shape index (κ3) is 3.00. The number of carboxylic acids is 1. The highest BCUT2D eigenvalue weighted by molar-refractivity contribution is 7.09. The van der Waals surface area contributed by atoms with Crippen molar-refractivity contribution in [2.75, 3.05) is 13.1 Å². The van der Waals surface area contributed by atoms with Gasteiger partial charge in [-0.1, -0.05) is 0 Å². The van der Waals surface area contributed by atoms with Gasteiger partial charge in [0.1, 0.15) is 11.6 Å². The van der Waals surface area contributed by atoms with Crippen LogP contribution in [0.4, 0.5) is 0 Å². The van der Waals surface area contributed by atoms with Crippen molar-refractivity contribution in [3.8, 4) is 0 Å². The minimum atomic E-state index is -1.06. The summed E-state index contributed by atoms with van der Waals surface area (Å²) in [4.78, 5) is 16.2. The summed E-state index contributed by atoms with van der Waals surface area (Å²) in [7, 11) is 0. The first-order valence-electron chi connectivity index (χ1n) is 5.21. The molecule has 0 spiro atoms. The third-order valence-electron chi connectivity index (χ3n) is 2.64. The molecule has 1 N–H and O–H groups in total. The molecular formula is C10H14N2O2S. The first-order chi connectivity index (χ1) is 7.24. The highest BCUT2D eigenvalue weighted by atomic mass is 32.1. The van der Waals surface area contributed by atoms with Crippen LogP contribution in [0.3, 0.4) is 0 Å². The van der Waals surface area contributed by atoms with Crippen molar-refractivity contribution in [2.45, 2.75) is 25.8 Å². The lowest BCUT2D eigenvalue weighted by atomic mass is 10.3. The molecule has 0 aromatic carbocycles. The number of likely N-dealkylation sites (tertiary alicyclic amines) is 1. The van der Waals surface area contributed by atoms with E-state index in [1.54, 1.807) is 16.2 Å². The Balaban J connectivity index is 1.91. The Morgan fingerprint density at radius 1 is 1.53 bits per heavy atom. The van der Waals surface area contributed by atoms with Gasteiger partial charge in [-0.3, -0.25) is 0 Å². The number of carbonyl (C=O) groups is 1. The van der Waals surface area contributed by atoms with Gasteiger partial charge in [-0.15, -0.1) is 11.3 Å². The smallest absolute Gasteiger partial charge is 0.147 e. The van der Waals surface area contributed by atoms with Crippen LogP contribution in [0.15, 0.2) is 5.38 Å². The molecule has 0 bridgehead atoms. The summed E-state index contributed by atoms with van der Waals surface area (Å²) in [5.41, 5.74) is 0.633. The van der Waals surface area contributed by atoms with Crippen LogP contribution in [-0.4, -0.2) is 24.0 Å². The second-order valence-electron chi connectivity index (χ2n) is 3.92. The molecule has 0 aliphatic carbocycles. The number of aromatic nitrogens is 1. The predicted molar refractivity (Wildman–Crippen MR) is 54.5 cm³/mol. The largest absolute Gasteiger partial charge is 0.550 e. The van der Waals surface area contributed by atoms with Crippen molar-refractivity contribution in [3.05, 3.63) is 16.1 Å². The summed E-state index contributed by atoms with van der Waals surface area (Å²) in [5.74, 6) is -1.06. The SMILES string of the molecule is O=C([O-])Cc1csc(C[NH+]2CCCC2)n1. The predicted octanol–water partition coefficient (Wildman–Crippen LogP) is -1.39. The monoisotopic (exact) mass is 226 g/mol. The number of hydrogen-bond donors (Lipinski definition) is 1.